The largest absolute Gasteiger partial charge is 0.366 e. The van der Waals surface area contributed by atoms with Gasteiger partial charge < -0.3 is 15.4 Å². The Hall–Kier alpha value is -2.68. The van der Waals surface area contributed by atoms with Crippen molar-refractivity contribution in [1.29, 1.82) is 0 Å². The summed E-state index contributed by atoms with van der Waals surface area (Å²) < 4.78 is 8.36. The van der Waals surface area contributed by atoms with Crippen molar-refractivity contribution in [2.75, 3.05) is 25.0 Å². The molecule has 1 aliphatic heterocycles. The van der Waals surface area contributed by atoms with Crippen molar-refractivity contribution in [2.24, 2.45) is 0 Å². The molecule has 142 valence electrons. The van der Waals surface area contributed by atoms with Crippen molar-refractivity contribution >= 4 is 29.6 Å². The molecule has 3 aromatic rings. The Kier molecular flexibility index (Phi) is 5.90. The van der Waals surface area contributed by atoms with Crippen molar-refractivity contribution in [2.45, 2.75) is 12.6 Å². The van der Waals surface area contributed by atoms with Crippen LogP contribution in [0, 0.1) is 0 Å². The van der Waals surface area contributed by atoms with E-state index >= 15 is 0 Å². The quantitative estimate of drug-likeness (QED) is 0.691. The van der Waals surface area contributed by atoms with Crippen molar-refractivity contribution in [3.63, 3.8) is 0 Å². The molecule has 9 heteroatoms. The van der Waals surface area contributed by atoms with Gasteiger partial charge in [-0.1, -0.05) is 18.2 Å². The molecular formula is C18H20ClN5O3. The highest BCUT2D eigenvalue weighted by molar-refractivity contribution is 5.94. The molecule has 8 nitrogen and oxygen atoms in total. The molecule has 1 atom stereocenters. The number of carbonyl (C=O) groups excluding carboxylic acids is 1. The molecule has 2 aromatic heterocycles. The topological polar surface area (TPSA) is 89.7 Å². The number of nitrogens with zero attached hydrogens (tertiary/aromatic N) is 3. The maximum Gasteiger partial charge on any atom is 0.350 e. The number of halogens is 1. The number of benzene rings is 1. The summed E-state index contributed by atoms with van der Waals surface area (Å²) in [7, 11) is 0. The average molecular weight is 390 g/mol. The maximum atomic E-state index is 12.4. The van der Waals surface area contributed by atoms with Crippen LogP contribution in [0.1, 0.15) is 5.56 Å². The summed E-state index contributed by atoms with van der Waals surface area (Å²) in [5.41, 5.74) is 1.94. The number of hydrogen-bond donors (Lipinski definition) is 2. The Morgan fingerprint density at radius 1 is 1.30 bits per heavy atom. The summed E-state index contributed by atoms with van der Waals surface area (Å²) in [5.74, 6) is -0.181. The molecule has 1 saturated heterocycles. The third-order valence-electron chi connectivity index (χ3n) is 4.24. The zero-order valence-corrected chi connectivity index (χ0v) is 15.3. The third-order valence-corrected chi connectivity index (χ3v) is 4.24. The highest BCUT2D eigenvalue weighted by Crippen LogP contribution is 2.13. The minimum Gasteiger partial charge on any atom is -0.366 e. The maximum absolute atomic E-state index is 12.4. The molecule has 1 aromatic carbocycles. The molecule has 27 heavy (non-hydrogen) atoms. The monoisotopic (exact) mass is 389 g/mol. The molecule has 2 N–H and O–H groups in total. The lowest BCUT2D eigenvalue weighted by atomic mass is 10.2. The summed E-state index contributed by atoms with van der Waals surface area (Å²) in [6.45, 7) is 2.11. The normalized spacial score (nSPS) is 16.7. The number of pyridine rings is 1. The van der Waals surface area contributed by atoms with Crippen LogP contribution >= 0.6 is 12.4 Å². The third kappa shape index (κ3) is 4.19. The standard InChI is InChI=1S/C18H19N5O3.ClH/c24-17(15-11-19-7-9-26-15)20-14-5-3-4-13(10-14)12-23-18(25)22-8-2-1-6-16(22)21-23;/h1-6,8,10,15,19H,7,9,11-12H2,(H,20,24);1H. The molecule has 4 rings (SSSR count). The second-order valence-electron chi connectivity index (χ2n) is 6.12. The number of anilines is 1. The molecule has 1 fully saturated rings. The second kappa shape index (κ2) is 8.34. The summed E-state index contributed by atoms with van der Waals surface area (Å²) in [4.78, 5) is 24.6. The van der Waals surface area contributed by atoms with Gasteiger partial charge in [-0.15, -0.1) is 17.5 Å². The van der Waals surface area contributed by atoms with Crippen molar-refractivity contribution in [3.05, 3.63) is 64.7 Å². The number of amides is 1. The number of rotatable bonds is 4. The minimum absolute atomic E-state index is 0. The van der Waals surface area contributed by atoms with E-state index in [0.29, 0.717) is 31.0 Å². The first kappa shape index (κ1) is 19.1. The summed E-state index contributed by atoms with van der Waals surface area (Å²) in [6, 6.07) is 12.8. The lowest BCUT2D eigenvalue weighted by molar-refractivity contribution is -0.128. The van der Waals surface area contributed by atoms with Crippen LogP contribution in [0.4, 0.5) is 5.69 Å². The molecular weight excluding hydrogens is 370 g/mol. The SMILES string of the molecule is Cl.O=C(Nc1cccc(Cn2nc3ccccn3c2=O)c1)C1CNCCO1. The fourth-order valence-corrected chi connectivity index (χ4v) is 2.95. The van der Waals surface area contributed by atoms with E-state index in [0.717, 1.165) is 12.1 Å². The van der Waals surface area contributed by atoms with E-state index in [-0.39, 0.29) is 24.0 Å². The van der Waals surface area contributed by atoms with Gasteiger partial charge >= 0.3 is 5.69 Å². The van der Waals surface area contributed by atoms with Gasteiger partial charge in [0.2, 0.25) is 0 Å². The van der Waals surface area contributed by atoms with Gasteiger partial charge in [0.05, 0.1) is 13.2 Å². The predicted octanol–water partition coefficient (Wildman–Crippen LogP) is 0.893. The van der Waals surface area contributed by atoms with E-state index < -0.39 is 6.10 Å². The van der Waals surface area contributed by atoms with Gasteiger partial charge in [-0.3, -0.25) is 9.20 Å². The lowest BCUT2D eigenvalue weighted by Gasteiger charge is -2.22. The molecule has 0 radical (unpaired) electrons. The zero-order chi connectivity index (χ0) is 17.9. The van der Waals surface area contributed by atoms with E-state index in [1.165, 1.54) is 9.08 Å². The Morgan fingerprint density at radius 3 is 2.96 bits per heavy atom. The van der Waals surface area contributed by atoms with Crippen LogP contribution in [-0.4, -0.2) is 45.9 Å². The predicted molar refractivity (Wildman–Crippen MR) is 103 cm³/mol. The Balaban J connectivity index is 0.00000210. The Morgan fingerprint density at radius 2 is 2.19 bits per heavy atom. The molecule has 0 bridgehead atoms. The van der Waals surface area contributed by atoms with Gasteiger partial charge in [0, 0.05) is 25.0 Å². The molecule has 0 aliphatic carbocycles. The van der Waals surface area contributed by atoms with Crippen LogP contribution in [0.25, 0.3) is 5.65 Å². The molecule has 1 aliphatic rings. The highest BCUT2D eigenvalue weighted by atomic mass is 35.5. The number of hydrogen-bond acceptors (Lipinski definition) is 5. The Labute approximate surface area is 161 Å². The highest BCUT2D eigenvalue weighted by Gasteiger charge is 2.21. The number of nitrogens with one attached hydrogen (secondary N) is 2. The number of ether oxygens (including phenoxy) is 1. The number of fused-ring (bicyclic) bond motifs is 1. The fourth-order valence-electron chi connectivity index (χ4n) is 2.95. The lowest BCUT2D eigenvalue weighted by Crippen LogP contribution is -2.45. The van der Waals surface area contributed by atoms with Crippen LogP contribution in [0.3, 0.4) is 0 Å². The van der Waals surface area contributed by atoms with Gasteiger partial charge in [0.15, 0.2) is 5.65 Å². The fraction of sp³-hybridized carbons (Fsp3) is 0.278. The van der Waals surface area contributed by atoms with Crippen LogP contribution < -0.4 is 16.3 Å². The van der Waals surface area contributed by atoms with Crippen molar-refractivity contribution < 1.29 is 9.53 Å². The molecule has 1 amide bonds. The van der Waals surface area contributed by atoms with Gasteiger partial charge in [0.25, 0.3) is 5.91 Å². The van der Waals surface area contributed by atoms with Crippen LogP contribution in [-0.2, 0) is 16.1 Å². The first-order valence-corrected chi connectivity index (χ1v) is 8.47. The van der Waals surface area contributed by atoms with Crippen molar-refractivity contribution in [3.8, 4) is 0 Å². The van der Waals surface area contributed by atoms with Crippen molar-refractivity contribution in [1.82, 2.24) is 19.5 Å². The molecule has 3 heterocycles. The smallest absolute Gasteiger partial charge is 0.350 e. The van der Waals surface area contributed by atoms with Crippen LogP contribution in [0.15, 0.2) is 53.5 Å². The van der Waals surface area contributed by atoms with E-state index in [4.69, 9.17) is 4.74 Å². The number of aromatic nitrogens is 3. The zero-order valence-electron chi connectivity index (χ0n) is 14.5. The van der Waals surface area contributed by atoms with E-state index in [1.54, 1.807) is 18.3 Å². The summed E-state index contributed by atoms with van der Waals surface area (Å²) in [6.07, 6.45) is 1.20. The first-order valence-electron chi connectivity index (χ1n) is 8.47. The average Bonchev–Trinajstić information content (AvgIpc) is 2.99. The van der Waals surface area contributed by atoms with Gasteiger partial charge in [-0.05, 0) is 29.8 Å². The van der Waals surface area contributed by atoms with Crippen LogP contribution in [0.2, 0.25) is 0 Å². The second-order valence-corrected chi connectivity index (χ2v) is 6.12. The molecule has 0 spiro atoms. The van der Waals surface area contributed by atoms with E-state index in [9.17, 15) is 9.59 Å². The van der Waals surface area contributed by atoms with E-state index in [1.807, 2.05) is 30.3 Å². The van der Waals surface area contributed by atoms with Gasteiger partial charge in [-0.2, -0.15) is 0 Å². The van der Waals surface area contributed by atoms with Gasteiger partial charge in [-0.25, -0.2) is 9.48 Å². The molecule has 1 unspecified atom stereocenters. The molecule has 0 saturated carbocycles. The van der Waals surface area contributed by atoms with E-state index in [2.05, 4.69) is 15.7 Å². The summed E-state index contributed by atoms with van der Waals surface area (Å²) in [5, 5.41) is 10.3. The van der Waals surface area contributed by atoms with Gasteiger partial charge in [0.1, 0.15) is 6.10 Å². The minimum atomic E-state index is -0.492. The van der Waals surface area contributed by atoms with Crippen LogP contribution in [0.5, 0.6) is 0 Å². The number of carbonyl (C=O) groups is 1. The summed E-state index contributed by atoms with van der Waals surface area (Å²) >= 11 is 0. The number of morpholine rings is 1. The first-order chi connectivity index (χ1) is 12.7. The Bertz CT molecular complexity index is 994.